The van der Waals surface area contributed by atoms with Crippen molar-refractivity contribution in [1.29, 1.82) is 0 Å². The minimum Gasteiger partial charge on any atom is -0.449 e. The van der Waals surface area contributed by atoms with Crippen LogP contribution in [0.1, 0.15) is 29.6 Å². The summed E-state index contributed by atoms with van der Waals surface area (Å²) in [6.07, 6.45) is 0.911. The summed E-state index contributed by atoms with van der Waals surface area (Å²) in [6, 6.07) is 1.38. The highest BCUT2D eigenvalue weighted by Crippen LogP contribution is 2.19. The van der Waals surface area contributed by atoms with E-state index in [4.69, 9.17) is 10.5 Å². The maximum absolute atomic E-state index is 13.5. The van der Waals surface area contributed by atoms with E-state index in [-0.39, 0.29) is 5.69 Å². The number of halogens is 2. The summed E-state index contributed by atoms with van der Waals surface area (Å²) >= 11 is 0. The van der Waals surface area contributed by atoms with Gasteiger partial charge in [-0.25, -0.2) is 13.6 Å². The van der Waals surface area contributed by atoms with Gasteiger partial charge in [0.1, 0.15) is 11.6 Å². The number of hydrogen-bond acceptors (Lipinski definition) is 4. The molecule has 1 aromatic carbocycles. The van der Waals surface area contributed by atoms with E-state index < -0.39 is 35.2 Å². The minimum absolute atomic E-state index is 0.358. The molecule has 0 spiro atoms. The molecule has 7 heteroatoms. The molecule has 1 heterocycles. The molecule has 0 aliphatic carbocycles. The molecule has 1 unspecified atom stereocenters. The molecule has 5 nitrogen and oxygen atoms in total. The highest BCUT2D eigenvalue weighted by Gasteiger charge is 2.26. The third-order valence-electron chi connectivity index (χ3n) is 3.04. The monoisotopic (exact) mass is 284 g/mol. The number of nitrogens with two attached hydrogens (primary N) is 1. The van der Waals surface area contributed by atoms with E-state index in [9.17, 15) is 18.4 Å². The zero-order chi connectivity index (χ0) is 14.7. The van der Waals surface area contributed by atoms with Crippen LogP contribution in [0.2, 0.25) is 0 Å². The maximum atomic E-state index is 13.5. The fourth-order valence-electron chi connectivity index (χ4n) is 1.94. The smallest absolute Gasteiger partial charge is 0.341 e. The Morgan fingerprint density at radius 3 is 2.80 bits per heavy atom. The molecule has 1 atom stereocenters. The van der Waals surface area contributed by atoms with Crippen molar-refractivity contribution < 1.29 is 23.1 Å². The van der Waals surface area contributed by atoms with Crippen LogP contribution < -0.4 is 11.1 Å². The lowest BCUT2D eigenvalue weighted by molar-refractivity contribution is -0.129. The van der Waals surface area contributed by atoms with Crippen molar-refractivity contribution in [2.75, 3.05) is 12.3 Å². The standard InChI is InChI=1S/C13H14F2N2O3/c14-8-6-9(15)10(16)5-7(8)13(19)20-11-3-1-2-4-17-12(11)18/h5-6,11H,1-4,16H2,(H,17,18). The molecule has 0 aromatic heterocycles. The molecule has 1 aliphatic rings. The molecule has 0 bridgehead atoms. The molecule has 108 valence electrons. The average molecular weight is 284 g/mol. The first-order chi connectivity index (χ1) is 9.49. The van der Waals surface area contributed by atoms with E-state index >= 15 is 0 Å². The van der Waals surface area contributed by atoms with E-state index in [0.29, 0.717) is 25.5 Å². The van der Waals surface area contributed by atoms with Crippen molar-refractivity contribution in [3.05, 3.63) is 29.3 Å². The Bertz CT molecular complexity index is 549. The Hall–Kier alpha value is -2.18. The Balaban J connectivity index is 2.15. The minimum atomic E-state index is -1.07. The van der Waals surface area contributed by atoms with Gasteiger partial charge in [0.15, 0.2) is 6.10 Å². The van der Waals surface area contributed by atoms with Crippen LogP contribution in [0.5, 0.6) is 0 Å². The molecular formula is C13H14F2N2O3. The van der Waals surface area contributed by atoms with Crippen molar-refractivity contribution in [1.82, 2.24) is 5.32 Å². The lowest BCUT2D eigenvalue weighted by atomic mass is 10.1. The summed E-state index contributed by atoms with van der Waals surface area (Å²) in [6.45, 7) is 0.519. The van der Waals surface area contributed by atoms with Crippen molar-refractivity contribution in [3.8, 4) is 0 Å². The SMILES string of the molecule is Nc1cc(C(=O)OC2CCCCNC2=O)c(F)cc1F. The Labute approximate surface area is 114 Å². The van der Waals surface area contributed by atoms with Gasteiger partial charge in [-0.05, 0) is 25.3 Å². The second-order valence-electron chi connectivity index (χ2n) is 4.53. The van der Waals surface area contributed by atoms with Crippen LogP contribution in [0, 0.1) is 11.6 Å². The summed E-state index contributed by atoms with van der Waals surface area (Å²) in [5, 5.41) is 2.59. The van der Waals surface area contributed by atoms with Gasteiger partial charge >= 0.3 is 5.97 Å². The van der Waals surface area contributed by atoms with Crippen molar-refractivity contribution in [2.24, 2.45) is 0 Å². The van der Waals surface area contributed by atoms with Crippen LogP contribution in [-0.2, 0) is 9.53 Å². The van der Waals surface area contributed by atoms with Crippen LogP contribution in [0.3, 0.4) is 0 Å². The van der Waals surface area contributed by atoms with E-state index in [1.807, 2.05) is 0 Å². The predicted molar refractivity (Wildman–Crippen MR) is 66.8 cm³/mol. The summed E-state index contributed by atoms with van der Waals surface area (Å²) in [7, 11) is 0. The fraction of sp³-hybridized carbons (Fsp3) is 0.385. The first kappa shape index (κ1) is 14.2. The number of esters is 1. The number of ether oxygens (including phenoxy) is 1. The molecule has 3 N–H and O–H groups in total. The molecule has 1 fully saturated rings. The number of benzene rings is 1. The van der Waals surface area contributed by atoms with Gasteiger partial charge in [0.25, 0.3) is 5.91 Å². The molecule has 0 saturated carbocycles. The third-order valence-corrected chi connectivity index (χ3v) is 3.04. The summed E-state index contributed by atoms with van der Waals surface area (Å²) in [4.78, 5) is 23.5. The van der Waals surface area contributed by atoms with Gasteiger partial charge in [-0.1, -0.05) is 0 Å². The zero-order valence-corrected chi connectivity index (χ0v) is 10.6. The van der Waals surface area contributed by atoms with Gasteiger partial charge in [0.05, 0.1) is 11.3 Å². The van der Waals surface area contributed by atoms with Gasteiger partial charge in [-0.15, -0.1) is 0 Å². The van der Waals surface area contributed by atoms with E-state index in [1.165, 1.54) is 0 Å². The third kappa shape index (κ3) is 3.04. The van der Waals surface area contributed by atoms with Crippen LogP contribution in [-0.4, -0.2) is 24.5 Å². The van der Waals surface area contributed by atoms with Crippen molar-refractivity contribution in [3.63, 3.8) is 0 Å². The van der Waals surface area contributed by atoms with Gasteiger partial charge < -0.3 is 15.8 Å². The molecule has 1 saturated heterocycles. The number of carbonyl (C=O) groups is 2. The average Bonchev–Trinajstić information content (AvgIpc) is 2.59. The quantitative estimate of drug-likeness (QED) is 0.635. The second kappa shape index (κ2) is 5.85. The van der Waals surface area contributed by atoms with E-state index in [2.05, 4.69) is 5.32 Å². The summed E-state index contributed by atoms with van der Waals surface area (Å²) < 4.78 is 31.5. The van der Waals surface area contributed by atoms with Crippen molar-refractivity contribution in [2.45, 2.75) is 25.4 Å². The Morgan fingerprint density at radius 2 is 2.05 bits per heavy atom. The van der Waals surface area contributed by atoms with Crippen LogP contribution >= 0.6 is 0 Å². The number of nitrogen functional groups attached to an aromatic ring is 1. The molecule has 2 rings (SSSR count). The Kier molecular flexibility index (Phi) is 4.16. The van der Waals surface area contributed by atoms with Gasteiger partial charge in [0.2, 0.25) is 0 Å². The number of rotatable bonds is 2. The second-order valence-corrected chi connectivity index (χ2v) is 4.53. The number of anilines is 1. The number of amides is 1. The van der Waals surface area contributed by atoms with Crippen molar-refractivity contribution >= 4 is 17.6 Å². The zero-order valence-electron chi connectivity index (χ0n) is 10.6. The highest BCUT2D eigenvalue weighted by molar-refractivity contribution is 5.93. The largest absolute Gasteiger partial charge is 0.449 e. The topological polar surface area (TPSA) is 81.4 Å². The molecular weight excluding hydrogens is 270 g/mol. The first-order valence-electron chi connectivity index (χ1n) is 6.22. The van der Waals surface area contributed by atoms with E-state index in [0.717, 1.165) is 12.5 Å². The van der Waals surface area contributed by atoms with E-state index in [1.54, 1.807) is 0 Å². The Morgan fingerprint density at radius 1 is 1.30 bits per heavy atom. The molecule has 20 heavy (non-hydrogen) atoms. The number of nitrogens with one attached hydrogen (secondary N) is 1. The molecule has 0 radical (unpaired) electrons. The maximum Gasteiger partial charge on any atom is 0.341 e. The van der Waals surface area contributed by atoms with Crippen LogP contribution in [0.4, 0.5) is 14.5 Å². The van der Waals surface area contributed by atoms with Crippen LogP contribution in [0.15, 0.2) is 12.1 Å². The predicted octanol–water partition coefficient (Wildman–Crippen LogP) is 1.37. The molecule has 1 amide bonds. The van der Waals surface area contributed by atoms with Gasteiger partial charge in [0, 0.05) is 12.6 Å². The highest BCUT2D eigenvalue weighted by atomic mass is 19.1. The molecule has 1 aliphatic heterocycles. The number of hydrogen-bond donors (Lipinski definition) is 2. The normalized spacial score (nSPS) is 19.1. The van der Waals surface area contributed by atoms with Gasteiger partial charge in [-0.2, -0.15) is 0 Å². The lowest BCUT2D eigenvalue weighted by Gasteiger charge is -2.14. The molecule has 1 aromatic rings. The number of carbonyl (C=O) groups excluding carboxylic acids is 2. The summed E-state index contributed by atoms with van der Waals surface area (Å²) in [5.41, 5.74) is 4.44. The lowest BCUT2D eigenvalue weighted by Crippen LogP contribution is -2.36. The van der Waals surface area contributed by atoms with Gasteiger partial charge in [-0.3, -0.25) is 4.79 Å². The fourth-order valence-corrected chi connectivity index (χ4v) is 1.94. The van der Waals surface area contributed by atoms with Crippen LogP contribution in [0.25, 0.3) is 0 Å². The summed E-state index contributed by atoms with van der Waals surface area (Å²) in [5.74, 6) is -3.47. The first-order valence-corrected chi connectivity index (χ1v) is 6.22.